The molecular formula is C15H27NaO7S. The van der Waals surface area contributed by atoms with Crippen molar-refractivity contribution in [3.05, 3.63) is 12.2 Å². The first-order valence-electron chi connectivity index (χ1n) is 7.76. The van der Waals surface area contributed by atoms with E-state index < -0.39 is 27.5 Å². The van der Waals surface area contributed by atoms with Crippen LogP contribution in [0.4, 0.5) is 0 Å². The van der Waals surface area contributed by atoms with E-state index in [-0.39, 0.29) is 49.9 Å². The monoisotopic (exact) mass is 374 g/mol. The maximum atomic E-state index is 11.5. The number of rotatable bonds is 11. The Bertz CT molecular complexity index is 508. The molecule has 0 heterocycles. The molecule has 0 aromatic carbocycles. The Hall–Kier alpha value is -0.410. The Labute approximate surface area is 167 Å². The van der Waals surface area contributed by atoms with Crippen molar-refractivity contribution in [1.29, 1.82) is 0 Å². The van der Waals surface area contributed by atoms with Crippen LogP contribution in [-0.4, -0.2) is 37.0 Å². The molecule has 0 bridgehead atoms. The van der Waals surface area contributed by atoms with E-state index in [0.29, 0.717) is 0 Å². The van der Waals surface area contributed by atoms with Crippen molar-refractivity contribution in [1.82, 2.24) is 0 Å². The van der Waals surface area contributed by atoms with Gasteiger partial charge in [-0.25, -0.2) is 9.59 Å². The predicted molar refractivity (Wildman–Crippen MR) is 86.2 cm³/mol. The second kappa shape index (κ2) is 13.8. The summed E-state index contributed by atoms with van der Waals surface area (Å²) in [6, 6.07) is 0. The third kappa shape index (κ3) is 12.0. The van der Waals surface area contributed by atoms with Crippen LogP contribution in [0.1, 0.15) is 54.3 Å². The number of ether oxygens (including phenoxy) is 2. The summed E-state index contributed by atoms with van der Waals surface area (Å²) in [4.78, 5) is 22.9. The van der Waals surface area contributed by atoms with Crippen LogP contribution < -0.4 is 29.6 Å². The van der Waals surface area contributed by atoms with Crippen LogP contribution in [0.3, 0.4) is 0 Å². The summed E-state index contributed by atoms with van der Waals surface area (Å²) in [6.45, 7) is 5.81. The summed E-state index contributed by atoms with van der Waals surface area (Å²) < 4.78 is 40.2. The standard InChI is InChI=1S/C15H26O7S.Na.H/c1-4-7-8-12(5-2)11-21-13(16)9-10-14(17)22-15(6-3)23(18,19)20;;/h9-10,12,15H,4-8,11H2,1-3H3,(H,18,19,20);;/q;+1;-1. The minimum absolute atomic E-state index is 0. The number of carbonyl (C=O) groups is 2. The molecule has 9 heteroatoms. The van der Waals surface area contributed by atoms with Gasteiger partial charge in [-0.3, -0.25) is 4.55 Å². The summed E-state index contributed by atoms with van der Waals surface area (Å²) in [7, 11) is -4.48. The van der Waals surface area contributed by atoms with Crippen molar-refractivity contribution >= 4 is 22.1 Å². The van der Waals surface area contributed by atoms with Gasteiger partial charge in [0.05, 0.1) is 6.61 Å². The van der Waals surface area contributed by atoms with E-state index in [2.05, 4.69) is 11.7 Å². The molecule has 0 saturated heterocycles. The minimum atomic E-state index is -4.48. The zero-order valence-corrected chi connectivity index (χ0v) is 17.7. The Morgan fingerprint density at radius 3 is 2.17 bits per heavy atom. The molecular weight excluding hydrogens is 347 g/mol. The van der Waals surface area contributed by atoms with Gasteiger partial charge in [0, 0.05) is 12.2 Å². The first-order valence-corrected chi connectivity index (χ1v) is 9.26. The number of esters is 2. The first kappa shape index (κ1) is 25.8. The molecule has 7 nitrogen and oxygen atoms in total. The van der Waals surface area contributed by atoms with Crippen molar-refractivity contribution in [3.8, 4) is 0 Å². The maximum absolute atomic E-state index is 11.5. The third-order valence-electron chi connectivity index (χ3n) is 3.27. The second-order valence-corrected chi connectivity index (χ2v) is 6.73. The minimum Gasteiger partial charge on any atom is -1.00 e. The first-order chi connectivity index (χ1) is 10.7. The van der Waals surface area contributed by atoms with Crippen molar-refractivity contribution < 1.29 is 63.0 Å². The van der Waals surface area contributed by atoms with Crippen LogP contribution in [0, 0.1) is 5.92 Å². The van der Waals surface area contributed by atoms with E-state index >= 15 is 0 Å². The molecule has 0 spiro atoms. The summed E-state index contributed by atoms with van der Waals surface area (Å²) in [6.07, 6.45) is 5.56. The summed E-state index contributed by atoms with van der Waals surface area (Å²) >= 11 is 0. The van der Waals surface area contributed by atoms with Crippen molar-refractivity contribution in [2.45, 2.75) is 58.3 Å². The molecule has 0 amide bonds. The average molecular weight is 374 g/mol. The number of hydrogen-bond acceptors (Lipinski definition) is 6. The van der Waals surface area contributed by atoms with Gasteiger partial charge >= 0.3 is 51.6 Å². The molecule has 2 unspecified atom stereocenters. The van der Waals surface area contributed by atoms with E-state index in [1.54, 1.807) is 0 Å². The fraction of sp³-hybridized carbons (Fsp3) is 0.733. The van der Waals surface area contributed by atoms with Crippen LogP contribution in [-0.2, 0) is 29.2 Å². The molecule has 136 valence electrons. The van der Waals surface area contributed by atoms with Crippen LogP contribution in [0.5, 0.6) is 0 Å². The van der Waals surface area contributed by atoms with E-state index in [9.17, 15) is 18.0 Å². The molecule has 0 saturated carbocycles. The van der Waals surface area contributed by atoms with Gasteiger partial charge < -0.3 is 10.9 Å². The fourth-order valence-corrected chi connectivity index (χ4v) is 2.44. The quantitative estimate of drug-likeness (QED) is 0.227. The summed E-state index contributed by atoms with van der Waals surface area (Å²) in [5.74, 6) is -1.45. The largest absolute Gasteiger partial charge is 1.00 e. The van der Waals surface area contributed by atoms with Crippen LogP contribution >= 0.6 is 0 Å². The smallest absolute Gasteiger partial charge is 1.00 e. The third-order valence-corrected chi connectivity index (χ3v) is 4.37. The normalized spacial score (nSPS) is 13.8. The average Bonchev–Trinajstić information content (AvgIpc) is 2.49. The van der Waals surface area contributed by atoms with Crippen LogP contribution in [0.25, 0.3) is 0 Å². The van der Waals surface area contributed by atoms with Crippen molar-refractivity contribution in [2.24, 2.45) is 5.92 Å². The molecule has 0 aromatic rings. The van der Waals surface area contributed by atoms with Gasteiger partial charge in [0.2, 0.25) is 5.44 Å². The maximum Gasteiger partial charge on any atom is 1.00 e. The number of unbranched alkanes of at least 4 members (excludes halogenated alkanes) is 1. The molecule has 0 aliphatic rings. The van der Waals surface area contributed by atoms with Crippen molar-refractivity contribution in [3.63, 3.8) is 0 Å². The predicted octanol–water partition coefficient (Wildman–Crippen LogP) is -0.414. The Morgan fingerprint density at radius 2 is 1.71 bits per heavy atom. The second-order valence-electron chi connectivity index (χ2n) is 5.17. The van der Waals surface area contributed by atoms with E-state index in [4.69, 9.17) is 9.29 Å². The fourth-order valence-electron chi connectivity index (χ4n) is 1.81. The molecule has 0 aromatic heterocycles. The van der Waals surface area contributed by atoms with Crippen LogP contribution in [0.15, 0.2) is 12.2 Å². The molecule has 0 rings (SSSR count). The summed E-state index contributed by atoms with van der Waals surface area (Å²) in [5.41, 5.74) is -1.64. The molecule has 0 radical (unpaired) electrons. The Kier molecular flexibility index (Phi) is 14.9. The van der Waals surface area contributed by atoms with Gasteiger partial charge in [0.1, 0.15) is 0 Å². The Morgan fingerprint density at radius 1 is 1.12 bits per heavy atom. The van der Waals surface area contributed by atoms with Gasteiger partial charge in [-0.05, 0) is 18.8 Å². The Balaban J connectivity index is -0.00000242. The van der Waals surface area contributed by atoms with E-state index in [0.717, 1.165) is 37.8 Å². The van der Waals surface area contributed by atoms with Gasteiger partial charge in [0.15, 0.2) is 0 Å². The molecule has 0 aliphatic carbocycles. The van der Waals surface area contributed by atoms with Crippen LogP contribution in [0.2, 0.25) is 0 Å². The zero-order chi connectivity index (χ0) is 17.9. The van der Waals surface area contributed by atoms with Gasteiger partial charge in [-0.2, -0.15) is 8.42 Å². The topological polar surface area (TPSA) is 107 Å². The molecule has 0 aliphatic heterocycles. The number of carbonyl (C=O) groups excluding carboxylic acids is 2. The number of hydrogen-bond donors (Lipinski definition) is 1. The molecule has 24 heavy (non-hydrogen) atoms. The van der Waals surface area contributed by atoms with E-state index in [1.165, 1.54) is 6.92 Å². The zero-order valence-electron chi connectivity index (χ0n) is 15.9. The van der Waals surface area contributed by atoms with Gasteiger partial charge in [-0.1, -0.05) is 40.0 Å². The summed E-state index contributed by atoms with van der Waals surface area (Å²) in [5, 5.41) is 0. The van der Waals surface area contributed by atoms with Gasteiger partial charge in [-0.15, -0.1) is 0 Å². The van der Waals surface area contributed by atoms with Crippen molar-refractivity contribution in [2.75, 3.05) is 6.61 Å². The SMILES string of the molecule is CCCCC(CC)COC(=O)C=CC(=O)OC(CC)S(=O)(=O)O.[H-].[Na+]. The molecule has 1 N–H and O–H groups in total. The molecule has 0 fully saturated rings. The van der Waals surface area contributed by atoms with E-state index in [1.807, 2.05) is 6.92 Å². The van der Waals surface area contributed by atoms with Gasteiger partial charge in [0.25, 0.3) is 0 Å². The molecule has 2 atom stereocenters.